The molecule has 90 valence electrons. The molecular formula is C10H18N4OS. The van der Waals surface area contributed by atoms with Crippen molar-refractivity contribution in [2.45, 2.75) is 39.3 Å². The van der Waals surface area contributed by atoms with E-state index in [1.807, 2.05) is 4.68 Å². The van der Waals surface area contributed by atoms with Crippen molar-refractivity contribution in [1.29, 1.82) is 0 Å². The van der Waals surface area contributed by atoms with Crippen LogP contribution in [0, 0.1) is 0 Å². The first kappa shape index (κ1) is 13.1. The van der Waals surface area contributed by atoms with E-state index in [0.29, 0.717) is 12.3 Å². The summed E-state index contributed by atoms with van der Waals surface area (Å²) in [7, 11) is 1.63. The average Bonchev–Trinajstić information content (AvgIpc) is 2.63. The Kier molecular flexibility index (Phi) is 5.34. The van der Waals surface area contributed by atoms with Gasteiger partial charge in [0.25, 0.3) is 0 Å². The molecule has 1 rings (SSSR count). The summed E-state index contributed by atoms with van der Waals surface area (Å²) in [6.45, 7) is 3.44. The highest BCUT2D eigenvalue weighted by molar-refractivity contribution is 7.80. The van der Waals surface area contributed by atoms with Crippen molar-refractivity contribution in [2.75, 3.05) is 7.11 Å². The van der Waals surface area contributed by atoms with E-state index in [-0.39, 0.29) is 4.99 Å². The number of aryl methyl sites for hydroxylation is 1. The minimum atomic E-state index is 0.272. The molecule has 16 heavy (non-hydrogen) atoms. The molecule has 5 nitrogen and oxygen atoms in total. The number of ether oxygens (including phenoxy) is 1. The summed E-state index contributed by atoms with van der Waals surface area (Å²) in [5.74, 6) is 0. The second-order valence-corrected chi connectivity index (χ2v) is 4.05. The molecule has 0 bridgehead atoms. The fraction of sp³-hybridized carbons (Fsp3) is 0.700. The van der Waals surface area contributed by atoms with Crippen LogP contribution in [0.3, 0.4) is 0 Å². The van der Waals surface area contributed by atoms with Crippen molar-refractivity contribution >= 4 is 17.2 Å². The summed E-state index contributed by atoms with van der Waals surface area (Å²) in [5.41, 5.74) is 7.02. The van der Waals surface area contributed by atoms with Gasteiger partial charge in [-0.25, -0.2) is 4.68 Å². The molecule has 0 fully saturated rings. The number of methoxy groups -OCH3 is 1. The summed E-state index contributed by atoms with van der Waals surface area (Å²) >= 11 is 4.92. The number of unbranched alkanes of at least 4 members (excludes halogenated alkanes) is 2. The Balaban J connectivity index is 2.78. The summed E-state index contributed by atoms with van der Waals surface area (Å²) in [4.78, 5) is 0.272. The Labute approximate surface area is 101 Å². The number of nitrogens with zero attached hydrogens (tertiary/aromatic N) is 3. The van der Waals surface area contributed by atoms with Crippen molar-refractivity contribution in [3.05, 3.63) is 11.4 Å². The predicted octanol–water partition coefficient (Wildman–Crippen LogP) is 1.25. The van der Waals surface area contributed by atoms with E-state index in [0.717, 1.165) is 18.7 Å². The number of nitrogens with two attached hydrogens (primary N) is 1. The lowest BCUT2D eigenvalue weighted by Crippen LogP contribution is -2.15. The predicted molar refractivity (Wildman–Crippen MR) is 66.1 cm³/mol. The lowest BCUT2D eigenvalue weighted by Gasteiger charge is -2.06. The van der Waals surface area contributed by atoms with Gasteiger partial charge in [-0.05, 0) is 6.42 Å². The van der Waals surface area contributed by atoms with Crippen LogP contribution in [0.2, 0.25) is 0 Å². The zero-order valence-electron chi connectivity index (χ0n) is 9.77. The Morgan fingerprint density at radius 1 is 1.50 bits per heavy atom. The zero-order valence-corrected chi connectivity index (χ0v) is 10.6. The molecule has 0 unspecified atom stereocenters. The Bertz CT molecular complexity index is 351. The summed E-state index contributed by atoms with van der Waals surface area (Å²) < 4.78 is 6.94. The molecule has 0 aromatic carbocycles. The molecule has 0 atom stereocenters. The topological polar surface area (TPSA) is 66.0 Å². The molecule has 0 spiro atoms. The second-order valence-electron chi connectivity index (χ2n) is 3.61. The Hall–Kier alpha value is -1.01. The van der Waals surface area contributed by atoms with Gasteiger partial charge in [0.15, 0.2) is 0 Å². The lowest BCUT2D eigenvalue weighted by atomic mass is 10.2. The van der Waals surface area contributed by atoms with Gasteiger partial charge in [-0.2, -0.15) is 0 Å². The van der Waals surface area contributed by atoms with Gasteiger partial charge in [0.1, 0.15) is 10.7 Å². The smallest absolute Gasteiger partial charge is 0.145 e. The van der Waals surface area contributed by atoms with Crippen LogP contribution in [0.4, 0.5) is 0 Å². The number of rotatable bonds is 7. The molecule has 0 aliphatic rings. The van der Waals surface area contributed by atoms with E-state index in [1.54, 1.807) is 7.11 Å². The molecular weight excluding hydrogens is 224 g/mol. The number of thiocarbonyl (C=S) groups is 1. The average molecular weight is 242 g/mol. The molecule has 0 aliphatic carbocycles. The molecule has 0 radical (unpaired) electrons. The van der Waals surface area contributed by atoms with Gasteiger partial charge in [0.2, 0.25) is 0 Å². The summed E-state index contributed by atoms with van der Waals surface area (Å²) in [5, 5.41) is 8.03. The fourth-order valence-corrected chi connectivity index (χ4v) is 1.65. The first-order valence-corrected chi connectivity index (χ1v) is 5.82. The quantitative estimate of drug-likeness (QED) is 0.576. The van der Waals surface area contributed by atoms with Crippen LogP contribution >= 0.6 is 12.2 Å². The number of aromatic nitrogens is 3. The molecule has 0 saturated heterocycles. The van der Waals surface area contributed by atoms with Crippen molar-refractivity contribution < 1.29 is 4.74 Å². The second kappa shape index (κ2) is 6.55. The summed E-state index contributed by atoms with van der Waals surface area (Å²) in [6, 6.07) is 0. The van der Waals surface area contributed by atoms with E-state index in [9.17, 15) is 0 Å². The standard InChI is InChI=1S/C10H18N4OS/c1-3-4-5-6-14-8(7-15-2)9(10(11)16)12-13-14/h3-7H2,1-2H3,(H2,11,16). The number of hydrogen-bond donors (Lipinski definition) is 1. The first-order valence-electron chi connectivity index (χ1n) is 5.41. The van der Waals surface area contributed by atoms with E-state index in [1.165, 1.54) is 12.8 Å². The van der Waals surface area contributed by atoms with Crippen LogP contribution in [0.5, 0.6) is 0 Å². The minimum absolute atomic E-state index is 0.272. The monoisotopic (exact) mass is 242 g/mol. The van der Waals surface area contributed by atoms with E-state index in [4.69, 9.17) is 22.7 Å². The fourth-order valence-electron chi connectivity index (χ4n) is 1.49. The maximum atomic E-state index is 5.57. The largest absolute Gasteiger partial charge is 0.388 e. The van der Waals surface area contributed by atoms with Gasteiger partial charge >= 0.3 is 0 Å². The molecule has 1 aromatic heterocycles. The van der Waals surface area contributed by atoms with Crippen LogP contribution < -0.4 is 5.73 Å². The molecule has 0 amide bonds. The van der Waals surface area contributed by atoms with Crippen LogP contribution in [0.1, 0.15) is 37.6 Å². The van der Waals surface area contributed by atoms with Crippen molar-refractivity contribution in [3.63, 3.8) is 0 Å². The molecule has 0 saturated carbocycles. The van der Waals surface area contributed by atoms with E-state index < -0.39 is 0 Å². The highest BCUT2D eigenvalue weighted by Gasteiger charge is 2.14. The van der Waals surface area contributed by atoms with E-state index >= 15 is 0 Å². The zero-order chi connectivity index (χ0) is 12.0. The van der Waals surface area contributed by atoms with Gasteiger partial charge in [0, 0.05) is 13.7 Å². The van der Waals surface area contributed by atoms with Crippen LogP contribution in [-0.4, -0.2) is 27.1 Å². The normalized spacial score (nSPS) is 10.6. The van der Waals surface area contributed by atoms with Gasteiger partial charge in [-0.1, -0.05) is 37.2 Å². The van der Waals surface area contributed by atoms with Crippen molar-refractivity contribution in [1.82, 2.24) is 15.0 Å². The Morgan fingerprint density at radius 2 is 2.25 bits per heavy atom. The summed E-state index contributed by atoms with van der Waals surface area (Å²) in [6.07, 6.45) is 3.43. The lowest BCUT2D eigenvalue weighted by molar-refractivity contribution is 0.176. The van der Waals surface area contributed by atoms with Crippen molar-refractivity contribution in [3.8, 4) is 0 Å². The first-order chi connectivity index (χ1) is 7.70. The molecule has 6 heteroatoms. The van der Waals surface area contributed by atoms with Crippen LogP contribution in [-0.2, 0) is 17.9 Å². The number of hydrogen-bond acceptors (Lipinski definition) is 4. The maximum Gasteiger partial charge on any atom is 0.145 e. The Morgan fingerprint density at radius 3 is 2.81 bits per heavy atom. The maximum absolute atomic E-state index is 5.57. The van der Waals surface area contributed by atoms with Gasteiger partial charge in [0.05, 0.1) is 12.3 Å². The van der Waals surface area contributed by atoms with Crippen molar-refractivity contribution in [2.24, 2.45) is 5.73 Å². The van der Waals surface area contributed by atoms with Gasteiger partial charge in [-0.15, -0.1) is 5.10 Å². The molecule has 2 N–H and O–H groups in total. The third kappa shape index (κ3) is 3.24. The molecule has 0 aliphatic heterocycles. The molecule has 1 heterocycles. The van der Waals surface area contributed by atoms with E-state index in [2.05, 4.69) is 17.2 Å². The molecule has 1 aromatic rings. The highest BCUT2D eigenvalue weighted by Crippen LogP contribution is 2.09. The third-order valence-electron chi connectivity index (χ3n) is 2.33. The third-order valence-corrected chi connectivity index (χ3v) is 2.52. The SMILES string of the molecule is CCCCCn1nnc(C(N)=S)c1COC. The van der Waals surface area contributed by atoms with Crippen LogP contribution in [0.25, 0.3) is 0 Å². The highest BCUT2D eigenvalue weighted by atomic mass is 32.1. The van der Waals surface area contributed by atoms with Gasteiger partial charge in [-0.3, -0.25) is 0 Å². The minimum Gasteiger partial charge on any atom is -0.388 e. The van der Waals surface area contributed by atoms with Crippen LogP contribution in [0.15, 0.2) is 0 Å². The van der Waals surface area contributed by atoms with Gasteiger partial charge < -0.3 is 10.5 Å².